The molecule has 0 spiro atoms. The van der Waals surface area contributed by atoms with Gasteiger partial charge in [-0.25, -0.2) is 4.57 Å². The molecule has 0 fully saturated rings. The van der Waals surface area contributed by atoms with Crippen LogP contribution in [0, 0.1) is 0 Å². The molecule has 0 aliphatic heterocycles. The van der Waals surface area contributed by atoms with Crippen molar-refractivity contribution >= 4 is 19.8 Å². The highest BCUT2D eigenvalue weighted by Crippen LogP contribution is 2.43. The third-order valence-electron chi connectivity index (χ3n) is 10.7. The molecule has 0 aromatic rings. The largest absolute Gasteiger partial charge is 0.472 e. The molecule has 0 saturated heterocycles. The van der Waals surface area contributed by atoms with E-state index < -0.39 is 26.5 Å². The Bertz CT molecular complexity index is 1200. The number of ether oxygens (including phenoxy) is 2. The number of unbranched alkanes of at least 4 members (excludes halogenated alkanes) is 23. The zero-order chi connectivity index (χ0) is 45.3. The Labute approximate surface area is 381 Å². The number of carbonyl (C=O) groups is 2. The number of phosphoric acid groups is 1. The maximum absolute atomic E-state index is 12.6. The minimum Gasteiger partial charge on any atom is -0.462 e. The number of hydrogen-bond donors (Lipinski definition) is 2. The maximum atomic E-state index is 12.6. The molecule has 0 aromatic heterocycles. The minimum atomic E-state index is -4.37. The second-order valence-electron chi connectivity index (χ2n) is 16.7. The molecular formula is C52H94NO8P. The molecule has 2 unspecified atom stereocenters. The second-order valence-corrected chi connectivity index (χ2v) is 18.1. The third-order valence-corrected chi connectivity index (χ3v) is 11.6. The first-order chi connectivity index (χ1) is 30.3. The van der Waals surface area contributed by atoms with Crippen molar-refractivity contribution in [2.75, 3.05) is 33.4 Å². The lowest BCUT2D eigenvalue weighted by atomic mass is 10.0. The van der Waals surface area contributed by atoms with Crippen LogP contribution in [0.15, 0.2) is 60.8 Å². The summed E-state index contributed by atoms with van der Waals surface area (Å²) in [5.41, 5.74) is 0. The van der Waals surface area contributed by atoms with Crippen LogP contribution in [0.3, 0.4) is 0 Å². The topological polar surface area (TPSA) is 120 Å². The molecule has 0 aliphatic carbocycles. The summed E-state index contributed by atoms with van der Waals surface area (Å²) in [5.74, 6) is -0.897. The van der Waals surface area contributed by atoms with Crippen LogP contribution in [0.4, 0.5) is 0 Å². The zero-order valence-corrected chi connectivity index (χ0v) is 41.0. The monoisotopic (exact) mass is 892 g/mol. The van der Waals surface area contributed by atoms with Crippen molar-refractivity contribution in [3.8, 4) is 0 Å². The summed E-state index contributed by atoms with van der Waals surface area (Å²) in [5, 5.41) is 2.82. The van der Waals surface area contributed by atoms with E-state index in [1.807, 2.05) is 12.2 Å². The maximum Gasteiger partial charge on any atom is 0.472 e. The van der Waals surface area contributed by atoms with Gasteiger partial charge in [-0.15, -0.1) is 0 Å². The van der Waals surface area contributed by atoms with Gasteiger partial charge in [0.15, 0.2) is 6.10 Å². The number of rotatable bonds is 47. The number of carbonyl (C=O) groups excluding carboxylic acids is 2. The number of hydrogen-bond acceptors (Lipinski definition) is 8. The first-order valence-corrected chi connectivity index (χ1v) is 26.7. The summed E-state index contributed by atoms with van der Waals surface area (Å²) in [6.07, 6.45) is 57.2. The van der Waals surface area contributed by atoms with E-state index in [0.29, 0.717) is 13.0 Å². The lowest BCUT2D eigenvalue weighted by molar-refractivity contribution is -0.161. The molecule has 0 bridgehead atoms. The van der Waals surface area contributed by atoms with E-state index >= 15 is 0 Å². The van der Waals surface area contributed by atoms with Crippen molar-refractivity contribution in [2.45, 2.75) is 225 Å². The standard InChI is InChI=1S/C52H94NO8P/c1-4-6-8-10-12-14-16-18-20-22-24-25-27-28-30-32-34-36-38-40-42-44-51(54)58-48-50(49-60-62(56,57)59-47-46-53-3)61-52(55)45-43-41-39-37-35-33-31-29-26-23-21-19-17-15-13-11-9-7-5-2/h13,15,19,21,26,29,33,35,39,41,50,53H,4-12,14,16-18,20,22-25,27-28,30-32,34,36-38,40,42-49H2,1-3H3,(H,56,57)/b15-13-,21-19-,29-26-,35-33-,41-39-. The van der Waals surface area contributed by atoms with E-state index in [0.717, 1.165) is 44.9 Å². The van der Waals surface area contributed by atoms with Gasteiger partial charge in [-0.2, -0.15) is 0 Å². The van der Waals surface area contributed by atoms with Gasteiger partial charge < -0.3 is 19.7 Å². The first kappa shape index (κ1) is 59.7. The van der Waals surface area contributed by atoms with Gasteiger partial charge in [-0.1, -0.05) is 216 Å². The predicted octanol–water partition coefficient (Wildman–Crippen LogP) is 15.1. The van der Waals surface area contributed by atoms with E-state index in [9.17, 15) is 19.0 Å². The Morgan fingerprint density at radius 2 is 0.903 bits per heavy atom. The van der Waals surface area contributed by atoms with Crippen LogP contribution in [-0.2, 0) is 32.7 Å². The molecular weight excluding hydrogens is 798 g/mol. The van der Waals surface area contributed by atoms with Gasteiger partial charge in [0.1, 0.15) is 6.61 Å². The van der Waals surface area contributed by atoms with E-state index in [-0.39, 0.29) is 32.0 Å². The van der Waals surface area contributed by atoms with E-state index in [1.54, 1.807) is 7.05 Å². The minimum absolute atomic E-state index is 0.0311. The smallest absolute Gasteiger partial charge is 0.462 e. The molecule has 0 saturated carbocycles. The van der Waals surface area contributed by atoms with Gasteiger partial charge in [0.05, 0.1) is 13.2 Å². The van der Waals surface area contributed by atoms with Crippen LogP contribution < -0.4 is 5.32 Å². The molecule has 9 nitrogen and oxygen atoms in total. The van der Waals surface area contributed by atoms with E-state index in [1.165, 1.54) is 141 Å². The van der Waals surface area contributed by atoms with Crippen LogP contribution in [0.2, 0.25) is 0 Å². The number of allylic oxidation sites excluding steroid dienone is 10. The van der Waals surface area contributed by atoms with Crippen LogP contribution in [0.25, 0.3) is 0 Å². The molecule has 0 aromatic carbocycles. The Morgan fingerprint density at radius 1 is 0.500 bits per heavy atom. The molecule has 2 N–H and O–H groups in total. The lowest BCUT2D eigenvalue weighted by Gasteiger charge is -2.19. The molecule has 0 radical (unpaired) electrons. The normalized spacial score (nSPS) is 13.7. The molecule has 0 aliphatic rings. The zero-order valence-electron chi connectivity index (χ0n) is 40.1. The predicted molar refractivity (Wildman–Crippen MR) is 261 cm³/mol. The van der Waals surface area contributed by atoms with Crippen molar-refractivity contribution in [1.82, 2.24) is 5.32 Å². The number of esters is 2. The number of likely N-dealkylation sites (N-methyl/N-ethyl adjacent to an activating group) is 1. The first-order valence-electron chi connectivity index (χ1n) is 25.2. The van der Waals surface area contributed by atoms with Crippen LogP contribution in [-0.4, -0.2) is 56.3 Å². The van der Waals surface area contributed by atoms with Crippen molar-refractivity contribution in [3.63, 3.8) is 0 Å². The SMILES string of the molecule is CCCCC/C=C\C/C=C\C/C=C\C/C=C\C/C=C\CCC(=O)OC(COC(=O)CCCCCCCCCCCCCCCCCCCCCCC)COP(=O)(O)OCCNC. The van der Waals surface area contributed by atoms with Gasteiger partial charge >= 0.3 is 19.8 Å². The van der Waals surface area contributed by atoms with Gasteiger partial charge in [0.25, 0.3) is 0 Å². The quantitative estimate of drug-likeness (QED) is 0.0266. The summed E-state index contributed by atoms with van der Waals surface area (Å²) in [7, 11) is -2.68. The van der Waals surface area contributed by atoms with Gasteiger partial charge in [0, 0.05) is 19.4 Å². The van der Waals surface area contributed by atoms with Gasteiger partial charge in [-0.05, 0) is 58.4 Å². The summed E-state index contributed by atoms with van der Waals surface area (Å²) in [6.45, 7) is 4.14. The van der Waals surface area contributed by atoms with E-state index in [4.69, 9.17) is 18.5 Å². The fourth-order valence-corrected chi connectivity index (χ4v) is 7.58. The van der Waals surface area contributed by atoms with Crippen molar-refractivity contribution in [1.29, 1.82) is 0 Å². The number of phosphoric ester groups is 1. The Hall–Kier alpha value is -2.29. The molecule has 10 heteroatoms. The van der Waals surface area contributed by atoms with Crippen molar-refractivity contribution in [3.05, 3.63) is 60.8 Å². The number of nitrogens with one attached hydrogen (secondary N) is 1. The molecule has 0 amide bonds. The van der Waals surface area contributed by atoms with Gasteiger partial charge in [-0.3, -0.25) is 18.6 Å². The Morgan fingerprint density at radius 3 is 1.35 bits per heavy atom. The lowest BCUT2D eigenvalue weighted by Crippen LogP contribution is -2.29. The van der Waals surface area contributed by atoms with Crippen molar-refractivity contribution < 1.29 is 37.6 Å². The molecule has 0 rings (SSSR count). The Kier molecular flexibility index (Phi) is 46.4. The summed E-state index contributed by atoms with van der Waals surface area (Å²) in [4.78, 5) is 35.2. The highest BCUT2D eigenvalue weighted by molar-refractivity contribution is 7.47. The summed E-state index contributed by atoms with van der Waals surface area (Å²) < 4.78 is 33.2. The molecule has 0 heterocycles. The average molecular weight is 892 g/mol. The van der Waals surface area contributed by atoms with Gasteiger partial charge in [0.2, 0.25) is 0 Å². The summed E-state index contributed by atoms with van der Waals surface area (Å²) >= 11 is 0. The highest BCUT2D eigenvalue weighted by Gasteiger charge is 2.26. The van der Waals surface area contributed by atoms with Crippen LogP contribution in [0.1, 0.15) is 219 Å². The van der Waals surface area contributed by atoms with E-state index in [2.05, 4.69) is 67.8 Å². The van der Waals surface area contributed by atoms with Crippen molar-refractivity contribution in [2.24, 2.45) is 0 Å². The fraction of sp³-hybridized carbons (Fsp3) is 0.769. The third kappa shape index (κ3) is 47.2. The molecule has 2 atom stereocenters. The summed E-state index contributed by atoms with van der Waals surface area (Å²) in [6, 6.07) is 0. The second kappa shape index (κ2) is 48.2. The fourth-order valence-electron chi connectivity index (χ4n) is 6.83. The average Bonchev–Trinajstić information content (AvgIpc) is 3.26. The highest BCUT2D eigenvalue weighted by atomic mass is 31.2. The molecule has 360 valence electrons. The van der Waals surface area contributed by atoms with Crippen LogP contribution in [0.5, 0.6) is 0 Å². The molecule has 62 heavy (non-hydrogen) atoms. The van der Waals surface area contributed by atoms with Crippen LogP contribution >= 0.6 is 7.82 Å². The Balaban J connectivity index is 4.21.